The van der Waals surface area contributed by atoms with Crippen molar-refractivity contribution in [1.29, 1.82) is 0 Å². The van der Waals surface area contributed by atoms with Crippen LogP contribution >= 0.6 is 11.8 Å². The number of ether oxygens (including phenoxy) is 1. The number of hydrogen-bond donors (Lipinski definition) is 1. The van der Waals surface area contributed by atoms with E-state index in [-0.39, 0.29) is 11.8 Å². The minimum Gasteiger partial charge on any atom is -0.492 e. The monoisotopic (exact) mass is 345 g/mol. The number of hydrogen-bond acceptors (Lipinski definition) is 4. The van der Waals surface area contributed by atoms with Crippen molar-refractivity contribution in [2.45, 2.75) is 12.1 Å². The Morgan fingerprint density at radius 1 is 1.39 bits per heavy atom. The van der Waals surface area contributed by atoms with E-state index in [0.717, 1.165) is 0 Å². The van der Waals surface area contributed by atoms with Crippen LogP contribution in [0.5, 0.6) is 5.75 Å². The van der Waals surface area contributed by atoms with E-state index in [0.29, 0.717) is 24.6 Å². The van der Waals surface area contributed by atoms with Gasteiger partial charge in [0, 0.05) is 24.1 Å². The van der Waals surface area contributed by atoms with Crippen molar-refractivity contribution in [3.8, 4) is 5.75 Å². The number of carbonyl (C=O) groups excluding carboxylic acids is 1. The number of amides is 1. The number of thioether (sulfide) groups is 1. The molecule has 1 heterocycles. The van der Waals surface area contributed by atoms with Crippen LogP contribution in [-0.2, 0) is 11.3 Å². The van der Waals surface area contributed by atoms with E-state index in [1.54, 1.807) is 43.0 Å². The summed E-state index contributed by atoms with van der Waals surface area (Å²) in [6, 6.07) is 6.50. The molecular weight excluding hydrogens is 331 g/mol. The molecule has 0 atom stereocenters. The SMILES string of the molecule is O=C(CSC(F)(F)F)Nc1cccc(OCCn2ccnc2)c1. The molecule has 2 aromatic rings. The first-order chi connectivity index (χ1) is 10.9. The molecule has 0 radical (unpaired) electrons. The van der Waals surface area contributed by atoms with Gasteiger partial charge >= 0.3 is 5.51 Å². The maximum atomic E-state index is 12.0. The van der Waals surface area contributed by atoms with Crippen LogP contribution < -0.4 is 10.1 Å². The topological polar surface area (TPSA) is 56.1 Å². The van der Waals surface area contributed by atoms with E-state index in [1.165, 1.54) is 0 Å². The van der Waals surface area contributed by atoms with Crippen molar-refractivity contribution < 1.29 is 22.7 Å². The molecule has 124 valence electrons. The number of carbonyl (C=O) groups is 1. The summed E-state index contributed by atoms with van der Waals surface area (Å²) in [4.78, 5) is 15.4. The number of aromatic nitrogens is 2. The third-order valence-corrected chi connectivity index (χ3v) is 3.40. The first kappa shape index (κ1) is 17.2. The van der Waals surface area contributed by atoms with Gasteiger partial charge in [-0.2, -0.15) is 13.2 Å². The molecule has 9 heteroatoms. The molecule has 0 aliphatic carbocycles. The summed E-state index contributed by atoms with van der Waals surface area (Å²) in [6.07, 6.45) is 5.13. The third-order valence-electron chi connectivity index (χ3n) is 2.66. The molecule has 0 fully saturated rings. The average molecular weight is 345 g/mol. The van der Waals surface area contributed by atoms with E-state index in [9.17, 15) is 18.0 Å². The Bertz CT molecular complexity index is 632. The number of halogens is 3. The molecule has 1 amide bonds. The van der Waals surface area contributed by atoms with Crippen LogP contribution in [0.3, 0.4) is 0 Å². The van der Waals surface area contributed by atoms with Gasteiger partial charge in [-0.15, -0.1) is 0 Å². The van der Waals surface area contributed by atoms with Crippen LogP contribution in [0.2, 0.25) is 0 Å². The molecule has 0 unspecified atom stereocenters. The summed E-state index contributed by atoms with van der Waals surface area (Å²) in [5.41, 5.74) is -4.03. The lowest BCUT2D eigenvalue weighted by Crippen LogP contribution is -2.17. The largest absolute Gasteiger partial charge is 0.492 e. The fourth-order valence-electron chi connectivity index (χ4n) is 1.70. The fourth-order valence-corrected chi connectivity index (χ4v) is 2.06. The van der Waals surface area contributed by atoms with Gasteiger partial charge in [-0.25, -0.2) is 4.98 Å². The highest BCUT2D eigenvalue weighted by molar-refractivity contribution is 8.00. The van der Waals surface area contributed by atoms with Crippen molar-refractivity contribution in [2.75, 3.05) is 17.7 Å². The maximum Gasteiger partial charge on any atom is 0.442 e. The second-order valence-electron chi connectivity index (χ2n) is 4.46. The van der Waals surface area contributed by atoms with E-state index >= 15 is 0 Å². The lowest BCUT2D eigenvalue weighted by Gasteiger charge is -2.10. The van der Waals surface area contributed by atoms with E-state index in [2.05, 4.69) is 10.3 Å². The summed E-state index contributed by atoms with van der Waals surface area (Å²) in [6.45, 7) is 1.01. The summed E-state index contributed by atoms with van der Waals surface area (Å²) < 4.78 is 43.5. The van der Waals surface area contributed by atoms with Gasteiger partial charge in [0.1, 0.15) is 12.4 Å². The number of anilines is 1. The van der Waals surface area contributed by atoms with Gasteiger partial charge in [-0.1, -0.05) is 6.07 Å². The highest BCUT2D eigenvalue weighted by Gasteiger charge is 2.29. The van der Waals surface area contributed by atoms with Crippen molar-refractivity contribution in [1.82, 2.24) is 9.55 Å². The van der Waals surface area contributed by atoms with Gasteiger partial charge in [0.15, 0.2) is 0 Å². The summed E-state index contributed by atoms with van der Waals surface area (Å²) in [5.74, 6) is -0.885. The Morgan fingerprint density at radius 3 is 2.91 bits per heavy atom. The zero-order valence-corrected chi connectivity index (χ0v) is 12.7. The lowest BCUT2D eigenvalue weighted by molar-refractivity contribution is -0.114. The molecule has 0 aliphatic heterocycles. The van der Waals surface area contributed by atoms with Gasteiger partial charge in [0.2, 0.25) is 5.91 Å². The van der Waals surface area contributed by atoms with Gasteiger partial charge in [-0.3, -0.25) is 4.79 Å². The Balaban J connectivity index is 1.80. The first-order valence-electron chi connectivity index (χ1n) is 6.61. The van der Waals surface area contributed by atoms with Crippen molar-refractivity contribution in [2.24, 2.45) is 0 Å². The number of benzene rings is 1. The number of imidazole rings is 1. The second kappa shape index (κ2) is 7.91. The first-order valence-corrected chi connectivity index (χ1v) is 7.60. The number of alkyl halides is 3. The molecule has 1 aromatic heterocycles. The Morgan fingerprint density at radius 2 is 2.22 bits per heavy atom. The second-order valence-corrected chi connectivity index (χ2v) is 5.50. The molecule has 1 aromatic carbocycles. The van der Waals surface area contributed by atoms with Gasteiger partial charge in [0.05, 0.1) is 18.6 Å². The lowest BCUT2D eigenvalue weighted by atomic mass is 10.3. The van der Waals surface area contributed by atoms with Gasteiger partial charge < -0.3 is 14.6 Å². The van der Waals surface area contributed by atoms with Crippen molar-refractivity contribution >= 4 is 23.4 Å². The molecule has 1 N–H and O–H groups in total. The number of nitrogens with zero attached hydrogens (tertiary/aromatic N) is 2. The minimum atomic E-state index is -4.42. The van der Waals surface area contributed by atoms with Gasteiger partial charge in [-0.05, 0) is 23.9 Å². The van der Waals surface area contributed by atoms with Gasteiger partial charge in [0.25, 0.3) is 0 Å². The minimum absolute atomic E-state index is 0.374. The van der Waals surface area contributed by atoms with Crippen LogP contribution in [-0.4, -0.2) is 33.3 Å². The predicted octanol–water partition coefficient (Wildman–Crippen LogP) is 3.15. The normalized spacial score (nSPS) is 11.3. The third kappa shape index (κ3) is 6.64. The Labute approximate surface area is 134 Å². The highest BCUT2D eigenvalue weighted by Crippen LogP contribution is 2.30. The number of rotatable bonds is 7. The maximum absolute atomic E-state index is 12.0. The van der Waals surface area contributed by atoms with Crippen LogP contribution in [0.25, 0.3) is 0 Å². The highest BCUT2D eigenvalue weighted by atomic mass is 32.2. The zero-order valence-electron chi connectivity index (χ0n) is 11.9. The molecule has 0 bridgehead atoms. The summed E-state index contributed by atoms with van der Waals surface area (Å²) >= 11 is -0.374. The Hall–Kier alpha value is -2.16. The Kier molecular flexibility index (Phi) is 5.91. The molecule has 0 saturated carbocycles. The molecule has 0 aliphatic rings. The van der Waals surface area contributed by atoms with E-state index < -0.39 is 17.2 Å². The van der Waals surface area contributed by atoms with E-state index in [4.69, 9.17) is 4.74 Å². The van der Waals surface area contributed by atoms with Crippen LogP contribution in [0, 0.1) is 0 Å². The standard InChI is InChI=1S/C14H14F3N3O2S/c15-14(16,17)23-9-13(21)19-11-2-1-3-12(8-11)22-7-6-20-5-4-18-10-20/h1-5,8,10H,6-7,9H2,(H,19,21). The molecule has 2 rings (SSSR count). The van der Waals surface area contributed by atoms with Crippen molar-refractivity contribution in [3.05, 3.63) is 43.0 Å². The van der Waals surface area contributed by atoms with Crippen LogP contribution in [0.4, 0.5) is 18.9 Å². The molecule has 0 spiro atoms. The van der Waals surface area contributed by atoms with E-state index in [1.807, 2.05) is 4.57 Å². The molecule has 23 heavy (non-hydrogen) atoms. The quantitative estimate of drug-likeness (QED) is 0.838. The van der Waals surface area contributed by atoms with Crippen LogP contribution in [0.15, 0.2) is 43.0 Å². The predicted molar refractivity (Wildman–Crippen MR) is 81.3 cm³/mol. The molecular formula is C14H14F3N3O2S. The number of nitrogens with one attached hydrogen (secondary N) is 1. The average Bonchev–Trinajstić information content (AvgIpc) is 2.98. The van der Waals surface area contributed by atoms with Crippen molar-refractivity contribution in [3.63, 3.8) is 0 Å². The summed E-state index contributed by atoms with van der Waals surface area (Å²) in [5, 5.41) is 2.40. The summed E-state index contributed by atoms with van der Waals surface area (Å²) in [7, 11) is 0. The molecule has 0 saturated heterocycles. The smallest absolute Gasteiger partial charge is 0.442 e. The zero-order chi connectivity index (χ0) is 16.7. The molecule has 5 nitrogen and oxygen atoms in total. The van der Waals surface area contributed by atoms with Crippen LogP contribution in [0.1, 0.15) is 0 Å². The fraction of sp³-hybridized carbons (Fsp3) is 0.286.